The average Bonchev–Trinajstić information content (AvgIpc) is 3.25. The van der Waals surface area contributed by atoms with Crippen LogP contribution in [0.5, 0.6) is 0 Å². The summed E-state index contributed by atoms with van der Waals surface area (Å²) in [5.41, 5.74) is 3.54. The van der Waals surface area contributed by atoms with Gasteiger partial charge in [-0.15, -0.1) is 24.0 Å². The molecule has 1 saturated heterocycles. The van der Waals surface area contributed by atoms with E-state index in [-0.39, 0.29) is 24.0 Å². The van der Waals surface area contributed by atoms with Gasteiger partial charge in [-0.05, 0) is 19.1 Å². The fourth-order valence-electron chi connectivity index (χ4n) is 3.55. The van der Waals surface area contributed by atoms with Crippen LogP contribution in [0.3, 0.4) is 0 Å². The molecule has 0 amide bonds. The Hall–Kier alpha value is -2.55. The Balaban J connectivity index is 0.00000256. The normalized spacial score (nSPS) is 14.4. The Labute approximate surface area is 195 Å². The SMILES string of the molecule is CN=C(NCc1ncc(-c2ccc(C)cc2)o1)N1CCN(c2ccccc2)CC1.I. The van der Waals surface area contributed by atoms with Gasteiger partial charge in [0.25, 0.3) is 0 Å². The zero-order valence-corrected chi connectivity index (χ0v) is 19.7. The molecular formula is C23H28IN5O. The number of para-hydroxylation sites is 1. The van der Waals surface area contributed by atoms with Gasteiger partial charge in [0, 0.05) is 44.5 Å². The Morgan fingerprint density at radius 1 is 1.03 bits per heavy atom. The van der Waals surface area contributed by atoms with E-state index in [4.69, 9.17) is 4.42 Å². The number of anilines is 1. The van der Waals surface area contributed by atoms with Crippen LogP contribution in [-0.4, -0.2) is 49.1 Å². The quantitative estimate of drug-likeness (QED) is 0.320. The number of benzene rings is 2. The van der Waals surface area contributed by atoms with Crippen molar-refractivity contribution in [2.24, 2.45) is 4.99 Å². The molecule has 1 N–H and O–H groups in total. The van der Waals surface area contributed by atoms with Crippen LogP contribution in [0.1, 0.15) is 11.5 Å². The molecule has 0 bridgehead atoms. The van der Waals surface area contributed by atoms with Gasteiger partial charge in [0.15, 0.2) is 11.7 Å². The summed E-state index contributed by atoms with van der Waals surface area (Å²) in [6.07, 6.45) is 1.78. The summed E-state index contributed by atoms with van der Waals surface area (Å²) in [6, 6.07) is 18.8. The third-order valence-corrected chi connectivity index (χ3v) is 5.20. The number of nitrogens with zero attached hydrogens (tertiary/aromatic N) is 4. The van der Waals surface area contributed by atoms with E-state index in [0.717, 1.165) is 43.5 Å². The molecule has 6 nitrogen and oxygen atoms in total. The number of aryl methyl sites for hydroxylation is 1. The first-order valence-electron chi connectivity index (χ1n) is 10.0. The molecule has 7 heteroatoms. The lowest BCUT2D eigenvalue weighted by molar-refractivity contribution is 0.369. The summed E-state index contributed by atoms with van der Waals surface area (Å²) in [5.74, 6) is 2.32. The van der Waals surface area contributed by atoms with Crippen molar-refractivity contribution in [2.45, 2.75) is 13.5 Å². The number of aromatic nitrogens is 1. The summed E-state index contributed by atoms with van der Waals surface area (Å²) >= 11 is 0. The van der Waals surface area contributed by atoms with E-state index in [1.165, 1.54) is 11.3 Å². The van der Waals surface area contributed by atoms with Crippen molar-refractivity contribution in [1.82, 2.24) is 15.2 Å². The molecule has 0 aliphatic carbocycles. The first kappa shape index (κ1) is 22.1. The number of aliphatic imine (C=N–C) groups is 1. The summed E-state index contributed by atoms with van der Waals surface area (Å²) in [6.45, 7) is 6.38. The number of hydrogen-bond acceptors (Lipinski definition) is 4. The maximum atomic E-state index is 5.91. The second-order valence-electron chi connectivity index (χ2n) is 7.19. The second-order valence-corrected chi connectivity index (χ2v) is 7.19. The van der Waals surface area contributed by atoms with Crippen LogP contribution in [0.4, 0.5) is 5.69 Å². The highest BCUT2D eigenvalue weighted by molar-refractivity contribution is 14.0. The first-order valence-corrected chi connectivity index (χ1v) is 10.0. The van der Waals surface area contributed by atoms with Gasteiger partial charge in [0.1, 0.15) is 0 Å². The summed E-state index contributed by atoms with van der Waals surface area (Å²) < 4.78 is 5.91. The molecule has 3 aromatic rings. The van der Waals surface area contributed by atoms with Crippen molar-refractivity contribution < 1.29 is 4.42 Å². The van der Waals surface area contributed by atoms with Crippen molar-refractivity contribution in [2.75, 3.05) is 38.1 Å². The highest BCUT2D eigenvalue weighted by Gasteiger charge is 2.20. The Morgan fingerprint density at radius 2 is 1.73 bits per heavy atom. The van der Waals surface area contributed by atoms with Crippen LogP contribution in [0.2, 0.25) is 0 Å². The lowest BCUT2D eigenvalue weighted by Gasteiger charge is -2.37. The smallest absolute Gasteiger partial charge is 0.214 e. The molecule has 0 atom stereocenters. The molecular weight excluding hydrogens is 489 g/mol. The monoisotopic (exact) mass is 517 g/mol. The molecule has 1 aromatic heterocycles. The largest absolute Gasteiger partial charge is 0.439 e. The minimum absolute atomic E-state index is 0. The Kier molecular flexibility index (Phi) is 7.73. The van der Waals surface area contributed by atoms with Crippen LogP contribution in [0.25, 0.3) is 11.3 Å². The molecule has 0 saturated carbocycles. The molecule has 1 fully saturated rings. The van der Waals surface area contributed by atoms with Gasteiger partial charge in [-0.2, -0.15) is 0 Å². The Morgan fingerprint density at radius 3 is 2.40 bits per heavy atom. The van der Waals surface area contributed by atoms with Gasteiger partial charge in [-0.1, -0.05) is 48.0 Å². The molecule has 2 aromatic carbocycles. The average molecular weight is 517 g/mol. The van der Waals surface area contributed by atoms with E-state index < -0.39 is 0 Å². The van der Waals surface area contributed by atoms with Gasteiger partial charge in [-0.3, -0.25) is 4.99 Å². The second kappa shape index (κ2) is 10.5. The lowest BCUT2D eigenvalue weighted by atomic mass is 10.1. The molecule has 1 aliphatic heterocycles. The number of rotatable bonds is 4. The highest BCUT2D eigenvalue weighted by Crippen LogP contribution is 2.21. The molecule has 0 radical (unpaired) electrons. The fraction of sp³-hybridized carbons (Fsp3) is 0.304. The highest BCUT2D eigenvalue weighted by atomic mass is 127. The molecule has 0 unspecified atom stereocenters. The Bertz CT molecular complexity index is 947. The van der Waals surface area contributed by atoms with E-state index in [9.17, 15) is 0 Å². The number of halogens is 1. The van der Waals surface area contributed by atoms with Crippen LogP contribution in [0.15, 0.2) is 70.2 Å². The predicted molar refractivity (Wildman–Crippen MR) is 133 cm³/mol. The summed E-state index contributed by atoms with van der Waals surface area (Å²) in [7, 11) is 1.82. The third-order valence-electron chi connectivity index (χ3n) is 5.20. The zero-order valence-electron chi connectivity index (χ0n) is 17.4. The standard InChI is InChI=1S/C23H27N5O.HI/c1-18-8-10-19(11-9-18)21-16-25-22(29-21)17-26-23(24-2)28-14-12-27(13-15-28)20-6-4-3-5-7-20;/h3-11,16H,12-15,17H2,1-2H3,(H,24,26);1H. The van der Waals surface area contributed by atoms with Crippen molar-refractivity contribution in [1.29, 1.82) is 0 Å². The minimum Gasteiger partial charge on any atom is -0.439 e. The van der Waals surface area contributed by atoms with Crippen molar-refractivity contribution >= 4 is 35.6 Å². The number of nitrogens with one attached hydrogen (secondary N) is 1. The maximum Gasteiger partial charge on any atom is 0.214 e. The topological polar surface area (TPSA) is 56.9 Å². The first-order chi connectivity index (χ1) is 14.2. The maximum absolute atomic E-state index is 5.91. The third kappa shape index (κ3) is 5.33. The van der Waals surface area contributed by atoms with Crippen LogP contribution < -0.4 is 10.2 Å². The summed E-state index contributed by atoms with van der Waals surface area (Å²) in [4.78, 5) is 13.5. The molecule has 4 rings (SSSR count). The predicted octanol–water partition coefficient (Wildman–Crippen LogP) is 4.17. The van der Waals surface area contributed by atoms with Crippen molar-refractivity contribution in [3.8, 4) is 11.3 Å². The number of guanidine groups is 1. The van der Waals surface area contributed by atoms with Gasteiger partial charge < -0.3 is 19.5 Å². The van der Waals surface area contributed by atoms with Gasteiger partial charge >= 0.3 is 0 Å². The lowest BCUT2D eigenvalue weighted by Crippen LogP contribution is -2.52. The van der Waals surface area contributed by atoms with Gasteiger partial charge in [0.2, 0.25) is 5.89 Å². The molecule has 1 aliphatic rings. The number of oxazole rings is 1. The van der Waals surface area contributed by atoms with Crippen molar-refractivity contribution in [3.63, 3.8) is 0 Å². The van der Waals surface area contributed by atoms with Crippen LogP contribution in [0, 0.1) is 6.92 Å². The van der Waals surface area contributed by atoms with Gasteiger partial charge in [0.05, 0.1) is 12.7 Å². The van der Waals surface area contributed by atoms with E-state index in [1.54, 1.807) is 6.20 Å². The zero-order chi connectivity index (χ0) is 20.1. The minimum atomic E-state index is 0. The van der Waals surface area contributed by atoms with E-state index in [1.807, 2.05) is 7.05 Å². The van der Waals surface area contributed by atoms with Crippen LogP contribution >= 0.6 is 24.0 Å². The molecule has 30 heavy (non-hydrogen) atoms. The molecule has 2 heterocycles. The fourth-order valence-corrected chi connectivity index (χ4v) is 3.55. The summed E-state index contributed by atoms with van der Waals surface area (Å²) in [5, 5.41) is 3.39. The van der Waals surface area contributed by atoms with E-state index in [0.29, 0.717) is 12.4 Å². The van der Waals surface area contributed by atoms with E-state index >= 15 is 0 Å². The van der Waals surface area contributed by atoms with Crippen LogP contribution in [-0.2, 0) is 6.54 Å². The number of hydrogen-bond donors (Lipinski definition) is 1. The number of piperazine rings is 1. The van der Waals surface area contributed by atoms with Crippen molar-refractivity contribution in [3.05, 3.63) is 72.2 Å². The van der Waals surface area contributed by atoms with E-state index in [2.05, 4.69) is 86.6 Å². The molecule has 0 spiro atoms. The molecule has 158 valence electrons. The van der Waals surface area contributed by atoms with Gasteiger partial charge in [-0.25, -0.2) is 4.98 Å².